The number of para-hydroxylation sites is 2. The molecule has 0 aliphatic carbocycles. The summed E-state index contributed by atoms with van der Waals surface area (Å²) in [6.07, 6.45) is 0.812. The fourth-order valence-electron chi connectivity index (χ4n) is 3.34. The van der Waals surface area contributed by atoms with Crippen LogP contribution in [0.1, 0.15) is 27.9 Å². The average Bonchev–Trinajstić information content (AvgIpc) is 3.34. The number of carbonyl (C=O) groups excluding carboxylic acids is 2. The molecular weight excluding hydrogens is 432 g/mol. The van der Waals surface area contributed by atoms with Crippen LogP contribution in [0, 0.1) is 6.92 Å². The van der Waals surface area contributed by atoms with Gasteiger partial charge in [-0.2, -0.15) is 5.10 Å². The number of halogens is 1. The van der Waals surface area contributed by atoms with Crippen LogP contribution in [0.2, 0.25) is 5.02 Å². The molecule has 6 nitrogen and oxygen atoms in total. The number of benzene rings is 2. The molecule has 0 fully saturated rings. The van der Waals surface area contributed by atoms with E-state index < -0.39 is 0 Å². The average molecular weight is 453 g/mol. The fourth-order valence-corrected chi connectivity index (χ4v) is 4.65. The SMILES string of the molecule is CCc1ccccc1NC(=O)CNC(=O)c1cc2c(C)nn(-c3ccccc3Cl)c2s1. The van der Waals surface area contributed by atoms with Crippen molar-refractivity contribution < 1.29 is 9.59 Å². The molecule has 0 aliphatic rings. The van der Waals surface area contributed by atoms with Crippen molar-refractivity contribution in [1.29, 1.82) is 0 Å². The number of aromatic nitrogens is 2. The first kappa shape index (κ1) is 21.1. The maximum absolute atomic E-state index is 12.7. The molecule has 8 heteroatoms. The second-order valence-electron chi connectivity index (χ2n) is 7.02. The summed E-state index contributed by atoms with van der Waals surface area (Å²) in [6, 6.07) is 16.9. The number of amides is 2. The van der Waals surface area contributed by atoms with Crippen molar-refractivity contribution in [3.8, 4) is 5.69 Å². The first-order valence-corrected chi connectivity index (χ1v) is 11.1. The van der Waals surface area contributed by atoms with Gasteiger partial charge in [-0.25, -0.2) is 4.68 Å². The van der Waals surface area contributed by atoms with Crippen molar-refractivity contribution in [3.63, 3.8) is 0 Å². The number of hydrogen-bond acceptors (Lipinski definition) is 4. The maximum atomic E-state index is 12.7. The van der Waals surface area contributed by atoms with Gasteiger partial charge in [-0.05, 0) is 43.2 Å². The molecule has 0 atom stereocenters. The molecule has 2 N–H and O–H groups in total. The van der Waals surface area contributed by atoms with E-state index in [1.165, 1.54) is 11.3 Å². The summed E-state index contributed by atoms with van der Waals surface area (Å²) in [5.74, 6) is -0.570. The van der Waals surface area contributed by atoms with Gasteiger partial charge < -0.3 is 10.6 Å². The molecule has 158 valence electrons. The van der Waals surface area contributed by atoms with Crippen molar-refractivity contribution in [2.45, 2.75) is 20.3 Å². The number of thiophene rings is 1. The largest absolute Gasteiger partial charge is 0.342 e. The molecule has 0 unspecified atom stereocenters. The van der Waals surface area contributed by atoms with Crippen LogP contribution in [0.15, 0.2) is 54.6 Å². The zero-order chi connectivity index (χ0) is 22.0. The second-order valence-corrected chi connectivity index (χ2v) is 8.46. The minimum absolute atomic E-state index is 0.110. The van der Waals surface area contributed by atoms with E-state index in [9.17, 15) is 9.59 Å². The number of aryl methyl sites for hydroxylation is 2. The van der Waals surface area contributed by atoms with Crippen LogP contribution in [0.4, 0.5) is 5.69 Å². The molecule has 2 heterocycles. The van der Waals surface area contributed by atoms with Crippen LogP contribution in [-0.2, 0) is 11.2 Å². The maximum Gasteiger partial charge on any atom is 0.261 e. The number of hydrogen-bond donors (Lipinski definition) is 2. The van der Waals surface area contributed by atoms with Crippen LogP contribution in [0.25, 0.3) is 15.9 Å². The highest BCUT2D eigenvalue weighted by atomic mass is 35.5. The molecule has 31 heavy (non-hydrogen) atoms. The van der Waals surface area contributed by atoms with E-state index in [0.29, 0.717) is 9.90 Å². The van der Waals surface area contributed by atoms with E-state index in [4.69, 9.17) is 11.6 Å². The number of fused-ring (bicyclic) bond motifs is 1. The van der Waals surface area contributed by atoms with Gasteiger partial charge in [0.05, 0.1) is 27.8 Å². The van der Waals surface area contributed by atoms with Gasteiger partial charge in [0, 0.05) is 11.1 Å². The topological polar surface area (TPSA) is 76.0 Å². The summed E-state index contributed by atoms with van der Waals surface area (Å²) in [5, 5.41) is 11.6. The Bertz CT molecular complexity index is 1280. The molecule has 0 bridgehead atoms. The van der Waals surface area contributed by atoms with Gasteiger partial charge in [0.2, 0.25) is 5.91 Å². The molecule has 0 saturated carbocycles. The van der Waals surface area contributed by atoms with E-state index in [0.717, 1.165) is 39.3 Å². The van der Waals surface area contributed by atoms with Crippen LogP contribution in [0.5, 0.6) is 0 Å². The zero-order valence-electron chi connectivity index (χ0n) is 17.1. The van der Waals surface area contributed by atoms with Crippen LogP contribution >= 0.6 is 22.9 Å². The minimum Gasteiger partial charge on any atom is -0.342 e. The van der Waals surface area contributed by atoms with Gasteiger partial charge >= 0.3 is 0 Å². The molecule has 4 rings (SSSR count). The lowest BCUT2D eigenvalue weighted by atomic mass is 10.1. The Morgan fingerprint density at radius 2 is 1.87 bits per heavy atom. The van der Waals surface area contributed by atoms with Crippen molar-refractivity contribution >= 4 is 50.7 Å². The molecule has 4 aromatic rings. The summed E-state index contributed by atoms with van der Waals surface area (Å²) < 4.78 is 1.75. The third kappa shape index (κ3) is 4.33. The molecule has 0 saturated heterocycles. The Morgan fingerprint density at radius 3 is 2.65 bits per heavy atom. The zero-order valence-corrected chi connectivity index (χ0v) is 18.7. The Labute approximate surface area is 188 Å². The number of rotatable bonds is 6. The van der Waals surface area contributed by atoms with Crippen molar-refractivity contribution in [2.75, 3.05) is 11.9 Å². The minimum atomic E-state index is -0.301. The lowest BCUT2D eigenvalue weighted by molar-refractivity contribution is -0.115. The normalized spacial score (nSPS) is 10.9. The van der Waals surface area contributed by atoms with Crippen molar-refractivity contribution in [2.24, 2.45) is 0 Å². The van der Waals surface area contributed by atoms with Crippen LogP contribution < -0.4 is 10.6 Å². The predicted octanol–water partition coefficient (Wildman–Crippen LogP) is 4.98. The molecule has 0 radical (unpaired) electrons. The predicted molar refractivity (Wildman–Crippen MR) is 125 cm³/mol. The molecule has 0 spiro atoms. The Kier molecular flexibility index (Phi) is 6.06. The molecule has 2 aromatic carbocycles. The first-order valence-electron chi connectivity index (χ1n) is 9.88. The summed E-state index contributed by atoms with van der Waals surface area (Å²) in [7, 11) is 0. The Hall–Kier alpha value is -3.16. The first-order chi connectivity index (χ1) is 15.0. The van der Waals surface area contributed by atoms with Gasteiger partial charge in [0.25, 0.3) is 5.91 Å². The summed E-state index contributed by atoms with van der Waals surface area (Å²) in [5.41, 5.74) is 3.37. The Morgan fingerprint density at radius 1 is 1.13 bits per heavy atom. The van der Waals surface area contributed by atoms with Gasteiger partial charge in [-0.3, -0.25) is 9.59 Å². The van der Waals surface area contributed by atoms with E-state index >= 15 is 0 Å². The molecule has 0 aliphatic heterocycles. The third-order valence-electron chi connectivity index (χ3n) is 4.93. The van der Waals surface area contributed by atoms with E-state index in [2.05, 4.69) is 15.7 Å². The van der Waals surface area contributed by atoms with E-state index in [1.54, 1.807) is 16.8 Å². The highest BCUT2D eigenvalue weighted by Crippen LogP contribution is 2.32. The quantitative estimate of drug-likeness (QED) is 0.433. The van der Waals surface area contributed by atoms with Gasteiger partial charge in [0.15, 0.2) is 0 Å². The standard InChI is InChI=1S/C23H21ClN4O2S/c1-3-15-8-4-6-10-18(15)26-21(29)13-25-22(30)20-12-16-14(2)27-28(23(16)31-20)19-11-7-5-9-17(19)24/h4-12H,3,13H2,1-2H3,(H,25,30)(H,26,29). The number of carbonyl (C=O) groups is 2. The monoisotopic (exact) mass is 452 g/mol. The third-order valence-corrected chi connectivity index (χ3v) is 6.36. The molecule has 2 aromatic heterocycles. The van der Waals surface area contributed by atoms with Crippen molar-refractivity contribution in [3.05, 3.63) is 75.8 Å². The second kappa shape index (κ2) is 8.91. The van der Waals surface area contributed by atoms with Crippen LogP contribution in [0.3, 0.4) is 0 Å². The molecule has 2 amide bonds. The Balaban J connectivity index is 1.49. The summed E-state index contributed by atoms with van der Waals surface area (Å²) in [6.45, 7) is 3.81. The number of anilines is 1. The van der Waals surface area contributed by atoms with Gasteiger partial charge in [-0.1, -0.05) is 48.9 Å². The number of nitrogens with one attached hydrogen (secondary N) is 2. The summed E-state index contributed by atoms with van der Waals surface area (Å²) in [4.78, 5) is 26.3. The smallest absolute Gasteiger partial charge is 0.261 e. The highest BCUT2D eigenvalue weighted by Gasteiger charge is 2.18. The van der Waals surface area contributed by atoms with E-state index in [-0.39, 0.29) is 18.4 Å². The van der Waals surface area contributed by atoms with E-state index in [1.807, 2.05) is 56.3 Å². The number of nitrogens with zero attached hydrogens (tertiary/aromatic N) is 2. The molecular formula is C23H21ClN4O2S. The van der Waals surface area contributed by atoms with Gasteiger partial charge in [0.1, 0.15) is 4.83 Å². The van der Waals surface area contributed by atoms with Crippen molar-refractivity contribution in [1.82, 2.24) is 15.1 Å². The lowest BCUT2D eigenvalue weighted by Gasteiger charge is -2.10. The summed E-state index contributed by atoms with van der Waals surface area (Å²) >= 11 is 7.65. The lowest BCUT2D eigenvalue weighted by Crippen LogP contribution is -2.32. The fraction of sp³-hybridized carbons (Fsp3) is 0.174. The van der Waals surface area contributed by atoms with Gasteiger partial charge in [-0.15, -0.1) is 11.3 Å². The highest BCUT2D eigenvalue weighted by molar-refractivity contribution is 7.20. The van der Waals surface area contributed by atoms with Crippen LogP contribution in [-0.4, -0.2) is 28.1 Å².